The molecule has 2 aromatic carbocycles. The summed E-state index contributed by atoms with van der Waals surface area (Å²) in [6.45, 7) is 0. The van der Waals surface area contributed by atoms with E-state index in [4.69, 9.17) is 4.74 Å². The van der Waals surface area contributed by atoms with Gasteiger partial charge in [-0.15, -0.1) is 0 Å². The highest BCUT2D eigenvalue weighted by molar-refractivity contribution is 9.10. The lowest BCUT2D eigenvalue weighted by molar-refractivity contribution is 0.416. The Bertz CT molecular complexity index is 514. The molecule has 0 saturated heterocycles. The molecule has 0 atom stereocenters. The molecule has 2 rings (SSSR count). The van der Waals surface area contributed by atoms with Crippen LogP contribution in [0.4, 0.5) is 8.78 Å². The molecule has 0 spiro atoms. The Kier molecular flexibility index (Phi) is 3.19. The van der Waals surface area contributed by atoms with Gasteiger partial charge in [0.1, 0.15) is 5.75 Å². The zero-order chi connectivity index (χ0) is 11.5. The Labute approximate surface area is 99.8 Å². The molecular weight excluding hydrogens is 278 g/mol. The third-order valence-electron chi connectivity index (χ3n) is 1.88. The average molecular weight is 284 g/mol. The quantitative estimate of drug-likeness (QED) is 0.798. The smallest absolute Gasteiger partial charge is 0.201 e. The summed E-state index contributed by atoms with van der Waals surface area (Å²) in [5.41, 5.74) is 0. The average Bonchev–Trinajstić information content (AvgIpc) is 2.25. The van der Waals surface area contributed by atoms with Gasteiger partial charge in [-0.05, 0) is 36.4 Å². The molecule has 0 aliphatic heterocycles. The molecule has 0 aromatic heterocycles. The molecule has 0 aliphatic rings. The van der Waals surface area contributed by atoms with E-state index in [0.29, 0.717) is 10.2 Å². The molecule has 0 unspecified atom stereocenters. The maximum absolute atomic E-state index is 13.3. The fourth-order valence-electron chi connectivity index (χ4n) is 1.17. The van der Waals surface area contributed by atoms with Crippen molar-refractivity contribution in [1.29, 1.82) is 0 Å². The summed E-state index contributed by atoms with van der Waals surface area (Å²) in [4.78, 5) is 0. The lowest BCUT2D eigenvalue weighted by Gasteiger charge is -2.06. The first kappa shape index (κ1) is 11.1. The molecule has 0 heterocycles. The van der Waals surface area contributed by atoms with E-state index >= 15 is 0 Å². The standard InChI is InChI=1S/C12H6BrF2O/c13-8-3-1-4-9(7-8)16-11-6-2-5-10(14)12(11)15/h1-2,4-7H. The Morgan fingerprint density at radius 1 is 1.19 bits per heavy atom. The highest BCUT2D eigenvalue weighted by atomic mass is 79.9. The minimum atomic E-state index is -0.994. The second kappa shape index (κ2) is 4.61. The molecule has 0 bridgehead atoms. The van der Waals surface area contributed by atoms with Crippen LogP contribution in [-0.4, -0.2) is 0 Å². The summed E-state index contributed by atoms with van der Waals surface area (Å²) in [5, 5.41) is 0. The van der Waals surface area contributed by atoms with Crippen LogP contribution in [0.25, 0.3) is 0 Å². The zero-order valence-corrected chi connectivity index (χ0v) is 9.59. The lowest BCUT2D eigenvalue weighted by atomic mass is 10.3. The van der Waals surface area contributed by atoms with Crippen LogP contribution in [0.15, 0.2) is 40.9 Å². The van der Waals surface area contributed by atoms with Gasteiger partial charge >= 0.3 is 0 Å². The maximum atomic E-state index is 13.3. The monoisotopic (exact) mass is 283 g/mol. The minimum absolute atomic E-state index is 0.141. The SMILES string of the molecule is Fc1cccc(Oc2cc[c]c(Br)c2)c1F. The zero-order valence-electron chi connectivity index (χ0n) is 8.01. The molecule has 2 aromatic rings. The van der Waals surface area contributed by atoms with Crippen LogP contribution in [0.5, 0.6) is 11.5 Å². The topological polar surface area (TPSA) is 9.23 Å². The van der Waals surface area contributed by atoms with Crippen molar-refractivity contribution in [3.05, 3.63) is 58.6 Å². The van der Waals surface area contributed by atoms with Gasteiger partial charge in [0.2, 0.25) is 5.82 Å². The van der Waals surface area contributed by atoms with E-state index in [2.05, 4.69) is 22.0 Å². The van der Waals surface area contributed by atoms with Crippen LogP contribution in [0.1, 0.15) is 0 Å². The van der Waals surface area contributed by atoms with E-state index in [1.165, 1.54) is 12.1 Å². The lowest BCUT2D eigenvalue weighted by Crippen LogP contribution is -1.91. The fourth-order valence-corrected chi connectivity index (χ4v) is 1.53. The highest BCUT2D eigenvalue weighted by Gasteiger charge is 2.09. The van der Waals surface area contributed by atoms with Crippen molar-refractivity contribution in [1.82, 2.24) is 0 Å². The second-order valence-electron chi connectivity index (χ2n) is 3.03. The third kappa shape index (κ3) is 2.39. The van der Waals surface area contributed by atoms with Crippen LogP contribution in [0.2, 0.25) is 0 Å². The van der Waals surface area contributed by atoms with Crippen molar-refractivity contribution < 1.29 is 13.5 Å². The molecule has 4 heteroatoms. The van der Waals surface area contributed by atoms with E-state index < -0.39 is 11.6 Å². The molecule has 81 valence electrons. The summed E-state index contributed by atoms with van der Waals surface area (Å²) in [6, 6.07) is 11.5. The third-order valence-corrected chi connectivity index (χ3v) is 2.34. The first-order valence-corrected chi connectivity index (χ1v) is 5.25. The number of ether oxygens (including phenoxy) is 1. The Hall–Kier alpha value is -1.42. The van der Waals surface area contributed by atoms with Crippen LogP contribution in [0, 0.1) is 17.7 Å². The predicted octanol–water partition coefficient (Wildman–Crippen LogP) is 4.32. The summed E-state index contributed by atoms with van der Waals surface area (Å²) in [5.74, 6) is -1.65. The summed E-state index contributed by atoms with van der Waals surface area (Å²) >= 11 is 3.21. The van der Waals surface area contributed by atoms with Gasteiger partial charge in [-0.2, -0.15) is 4.39 Å². The summed E-state index contributed by atoms with van der Waals surface area (Å²) in [7, 11) is 0. The largest absolute Gasteiger partial charge is 0.454 e. The summed E-state index contributed by atoms with van der Waals surface area (Å²) in [6.07, 6.45) is 0. The van der Waals surface area contributed by atoms with Crippen molar-refractivity contribution in [3.8, 4) is 11.5 Å². The highest BCUT2D eigenvalue weighted by Crippen LogP contribution is 2.27. The molecule has 0 fully saturated rings. The number of halogens is 3. The van der Waals surface area contributed by atoms with Crippen LogP contribution in [-0.2, 0) is 0 Å². The van der Waals surface area contributed by atoms with Gasteiger partial charge in [-0.1, -0.05) is 22.0 Å². The molecule has 1 radical (unpaired) electrons. The Morgan fingerprint density at radius 2 is 2.00 bits per heavy atom. The van der Waals surface area contributed by atoms with E-state index in [9.17, 15) is 8.78 Å². The molecule has 0 amide bonds. The van der Waals surface area contributed by atoms with E-state index in [1.807, 2.05) is 0 Å². The van der Waals surface area contributed by atoms with E-state index in [-0.39, 0.29) is 5.75 Å². The van der Waals surface area contributed by atoms with Crippen LogP contribution >= 0.6 is 15.9 Å². The summed E-state index contributed by atoms with van der Waals surface area (Å²) < 4.78 is 32.0. The second-order valence-corrected chi connectivity index (χ2v) is 3.88. The normalized spacial score (nSPS) is 10.2. The molecule has 0 saturated carbocycles. The maximum Gasteiger partial charge on any atom is 0.201 e. The van der Waals surface area contributed by atoms with Crippen molar-refractivity contribution in [2.75, 3.05) is 0 Å². The van der Waals surface area contributed by atoms with Crippen molar-refractivity contribution in [2.45, 2.75) is 0 Å². The van der Waals surface area contributed by atoms with Crippen molar-refractivity contribution >= 4 is 15.9 Å². The Morgan fingerprint density at radius 3 is 2.75 bits per heavy atom. The van der Waals surface area contributed by atoms with Gasteiger partial charge in [-0.3, -0.25) is 0 Å². The van der Waals surface area contributed by atoms with E-state index in [0.717, 1.165) is 6.07 Å². The van der Waals surface area contributed by atoms with E-state index in [1.54, 1.807) is 18.2 Å². The van der Waals surface area contributed by atoms with Gasteiger partial charge in [0.05, 0.1) is 0 Å². The number of rotatable bonds is 2. The van der Waals surface area contributed by atoms with Gasteiger partial charge in [0.25, 0.3) is 0 Å². The minimum Gasteiger partial charge on any atom is -0.454 e. The molecule has 0 aliphatic carbocycles. The predicted molar refractivity (Wildman–Crippen MR) is 59.4 cm³/mol. The first-order chi connectivity index (χ1) is 7.66. The van der Waals surface area contributed by atoms with Crippen molar-refractivity contribution in [3.63, 3.8) is 0 Å². The molecular formula is C12H6BrF2O. The van der Waals surface area contributed by atoms with Crippen molar-refractivity contribution in [2.24, 2.45) is 0 Å². The fraction of sp³-hybridized carbons (Fsp3) is 0. The number of hydrogen-bond acceptors (Lipinski definition) is 1. The van der Waals surface area contributed by atoms with Gasteiger partial charge < -0.3 is 4.74 Å². The van der Waals surface area contributed by atoms with Gasteiger partial charge in [-0.25, -0.2) is 4.39 Å². The van der Waals surface area contributed by atoms with Gasteiger partial charge in [0.15, 0.2) is 11.6 Å². The number of benzene rings is 2. The van der Waals surface area contributed by atoms with Gasteiger partial charge in [0, 0.05) is 4.47 Å². The molecule has 16 heavy (non-hydrogen) atoms. The molecule has 1 nitrogen and oxygen atoms in total. The first-order valence-electron chi connectivity index (χ1n) is 4.46. The Balaban J connectivity index is 2.31. The van der Waals surface area contributed by atoms with Crippen LogP contribution in [0.3, 0.4) is 0 Å². The molecule has 0 N–H and O–H groups in total. The number of hydrogen-bond donors (Lipinski definition) is 0. The van der Waals surface area contributed by atoms with Crippen LogP contribution < -0.4 is 4.74 Å².